The van der Waals surface area contributed by atoms with Crippen LogP contribution in [0.4, 0.5) is 10.5 Å². The van der Waals surface area contributed by atoms with Gasteiger partial charge in [0, 0.05) is 5.69 Å². The number of carbonyl (C=O) groups excluding carboxylic acids is 3. The summed E-state index contributed by atoms with van der Waals surface area (Å²) in [6, 6.07) is 12.1. The smallest absolute Gasteiger partial charge is 0.329 e. The van der Waals surface area contributed by atoms with Crippen LogP contribution in [-0.4, -0.2) is 36.4 Å². The standard InChI is InChI=1S/C21H21N3O4/c1-13-5-4-6-16(9-13)22-19(25)12-24-20(26)18(23-21(24)27)11-15-7-8-17(28-3)10-14(15)2/h4-11H,12H2,1-3H3,(H,22,25)(H,23,27)/b18-11+. The Kier molecular flexibility index (Phi) is 5.44. The molecule has 1 fully saturated rings. The van der Waals surface area contributed by atoms with Crippen LogP contribution in [0.3, 0.4) is 0 Å². The van der Waals surface area contributed by atoms with Crippen LogP contribution in [0.5, 0.6) is 5.75 Å². The molecule has 2 aromatic rings. The average Bonchev–Trinajstić information content (AvgIpc) is 2.90. The minimum absolute atomic E-state index is 0.127. The lowest BCUT2D eigenvalue weighted by molar-refractivity contribution is -0.127. The molecule has 3 rings (SSSR count). The van der Waals surface area contributed by atoms with E-state index in [2.05, 4.69) is 10.6 Å². The fourth-order valence-corrected chi connectivity index (χ4v) is 2.87. The van der Waals surface area contributed by atoms with Crippen LogP contribution >= 0.6 is 0 Å². The Hall–Kier alpha value is -3.61. The van der Waals surface area contributed by atoms with E-state index in [1.165, 1.54) is 0 Å². The number of nitrogens with one attached hydrogen (secondary N) is 2. The van der Waals surface area contributed by atoms with Crippen molar-refractivity contribution >= 4 is 29.6 Å². The van der Waals surface area contributed by atoms with Gasteiger partial charge in [0.05, 0.1) is 7.11 Å². The number of hydrogen-bond acceptors (Lipinski definition) is 4. The van der Waals surface area contributed by atoms with E-state index in [1.54, 1.807) is 31.4 Å². The zero-order valence-corrected chi connectivity index (χ0v) is 15.9. The van der Waals surface area contributed by atoms with Gasteiger partial charge in [-0.1, -0.05) is 18.2 Å². The summed E-state index contributed by atoms with van der Waals surface area (Å²) in [6.07, 6.45) is 1.59. The van der Waals surface area contributed by atoms with E-state index in [9.17, 15) is 14.4 Å². The fraction of sp³-hybridized carbons (Fsp3) is 0.190. The molecular weight excluding hydrogens is 358 g/mol. The Morgan fingerprint density at radius 2 is 1.96 bits per heavy atom. The van der Waals surface area contributed by atoms with Crippen molar-refractivity contribution in [2.75, 3.05) is 19.0 Å². The van der Waals surface area contributed by atoms with Gasteiger partial charge in [-0.3, -0.25) is 9.59 Å². The molecule has 0 unspecified atom stereocenters. The van der Waals surface area contributed by atoms with Crippen molar-refractivity contribution in [2.24, 2.45) is 0 Å². The van der Waals surface area contributed by atoms with Crippen LogP contribution in [0.25, 0.3) is 6.08 Å². The second-order valence-corrected chi connectivity index (χ2v) is 6.52. The van der Waals surface area contributed by atoms with Crippen molar-refractivity contribution in [3.63, 3.8) is 0 Å². The highest BCUT2D eigenvalue weighted by molar-refractivity contribution is 6.16. The molecule has 0 radical (unpaired) electrons. The third kappa shape index (κ3) is 4.20. The molecule has 1 aliphatic rings. The number of amides is 4. The van der Waals surface area contributed by atoms with Crippen molar-refractivity contribution < 1.29 is 19.1 Å². The number of aryl methyl sites for hydroxylation is 2. The molecule has 0 atom stereocenters. The molecule has 28 heavy (non-hydrogen) atoms. The SMILES string of the molecule is COc1ccc(/C=C2/NC(=O)N(CC(=O)Nc3cccc(C)c3)C2=O)c(C)c1. The normalized spacial score (nSPS) is 15.0. The van der Waals surface area contributed by atoms with E-state index in [0.717, 1.165) is 21.6 Å². The lowest BCUT2D eigenvalue weighted by Gasteiger charge is -2.12. The van der Waals surface area contributed by atoms with Crippen LogP contribution in [0.1, 0.15) is 16.7 Å². The summed E-state index contributed by atoms with van der Waals surface area (Å²) in [4.78, 5) is 37.9. The van der Waals surface area contributed by atoms with Gasteiger partial charge < -0.3 is 15.4 Å². The van der Waals surface area contributed by atoms with Crippen molar-refractivity contribution in [3.05, 3.63) is 64.9 Å². The first-order valence-electron chi connectivity index (χ1n) is 8.73. The average molecular weight is 379 g/mol. The number of carbonyl (C=O) groups is 3. The van der Waals surface area contributed by atoms with Crippen molar-refractivity contribution in [1.82, 2.24) is 10.2 Å². The highest BCUT2D eigenvalue weighted by Gasteiger charge is 2.35. The van der Waals surface area contributed by atoms with Gasteiger partial charge in [0.15, 0.2) is 0 Å². The van der Waals surface area contributed by atoms with Gasteiger partial charge in [0.25, 0.3) is 5.91 Å². The predicted octanol–water partition coefficient (Wildman–Crippen LogP) is 2.84. The molecule has 7 heteroatoms. The Bertz CT molecular complexity index is 981. The number of nitrogens with zero attached hydrogens (tertiary/aromatic N) is 1. The maximum atomic E-state index is 12.6. The molecule has 1 heterocycles. The Balaban J connectivity index is 1.72. The first kappa shape index (κ1) is 19.2. The number of urea groups is 1. The first-order valence-corrected chi connectivity index (χ1v) is 8.73. The van der Waals surface area contributed by atoms with Gasteiger partial charge in [0.2, 0.25) is 5.91 Å². The van der Waals surface area contributed by atoms with Crippen LogP contribution in [0.15, 0.2) is 48.2 Å². The van der Waals surface area contributed by atoms with Gasteiger partial charge in [0.1, 0.15) is 18.0 Å². The summed E-state index contributed by atoms with van der Waals surface area (Å²) >= 11 is 0. The third-order valence-corrected chi connectivity index (χ3v) is 4.34. The number of benzene rings is 2. The lowest BCUT2D eigenvalue weighted by Crippen LogP contribution is -2.38. The summed E-state index contributed by atoms with van der Waals surface area (Å²) in [6.45, 7) is 3.42. The summed E-state index contributed by atoms with van der Waals surface area (Å²) in [5.74, 6) is -0.286. The van der Waals surface area contributed by atoms with Gasteiger partial charge in [-0.05, 0) is 60.9 Å². The molecule has 7 nitrogen and oxygen atoms in total. The zero-order chi connectivity index (χ0) is 20.3. The minimum atomic E-state index is -0.623. The minimum Gasteiger partial charge on any atom is -0.497 e. The van der Waals surface area contributed by atoms with E-state index in [0.29, 0.717) is 11.4 Å². The summed E-state index contributed by atoms with van der Waals surface area (Å²) in [7, 11) is 1.58. The molecule has 2 aromatic carbocycles. The van der Waals surface area contributed by atoms with Gasteiger partial charge >= 0.3 is 6.03 Å². The molecule has 0 aromatic heterocycles. The van der Waals surface area contributed by atoms with Crippen LogP contribution < -0.4 is 15.4 Å². The van der Waals surface area contributed by atoms with Crippen LogP contribution in [-0.2, 0) is 9.59 Å². The summed E-state index contributed by atoms with van der Waals surface area (Å²) in [5, 5.41) is 5.21. The number of anilines is 1. The number of ether oxygens (including phenoxy) is 1. The molecule has 4 amide bonds. The Morgan fingerprint density at radius 3 is 2.64 bits per heavy atom. The highest BCUT2D eigenvalue weighted by atomic mass is 16.5. The molecule has 1 aliphatic heterocycles. The summed E-state index contributed by atoms with van der Waals surface area (Å²) in [5.41, 5.74) is 3.40. The van der Waals surface area contributed by atoms with E-state index in [4.69, 9.17) is 4.74 Å². The molecule has 144 valence electrons. The van der Waals surface area contributed by atoms with Gasteiger partial charge in [-0.2, -0.15) is 0 Å². The molecule has 1 saturated heterocycles. The molecule has 0 bridgehead atoms. The molecule has 0 saturated carbocycles. The number of imide groups is 1. The van der Waals surface area contributed by atoms with Crippen molar-refractivity contribution in [1.29, 1.82) is 0 Å². The molecule has 0 spiro atoms. The van der Waals surface area contributed by atoms with Gasteiger partial charge in [-0.25, -0.2) is 9.69 Å². The first-order chi connectivity index (χ1) is 13.4. The van der Waals surface area contributed by atoms with Crippen LogP contribution in [0, 0.1) is 13.8 Å². The zero-order valence-electron chi connectivity index (χ0n) is 15.9. The van der Waals surface area contributed by atoms with Crippen molar-refractivity contribution in [2.45, 2.75) is 13.8 Å². The Morgan fingerprint density at radius 1 is 1.18 bits per heavy atom. The maximum absolute atomic E-state index is 12.6. The van der Waals surface area contributed by atoms with E-state index < -0.39 is 17.8 Å². The maximum Gasteiger partial charge on any atom is 0.329 e. The van der Waals surface area contributed by atoms with Crippen LogP contribution in [0.2, 0.25) is 0 Å². The predicted molar refractivity (Wildman–Crippen MR) is 106 cm³/mol. The quantitative estimate of drug-likeness (QED) is 0.618. The highest BCUT2D eigenvalue weighted by Crippen LogP contribution is 2.21. The largest absolute Gasteiger partial charge is 0.497 e. The summed E-state index contributed by atoms with van der Waals surface area (Å²) < 4.78 is 5.17. The number of hydrogen-bond donors (Lipinski definition) is 2. The monoisotopic (exact) mass is 379 g/mol. The molecule has 0 aliphatic carbocycles. The molecular formula is C21H21N3O4. The fourth-order valence-electron chi connectivity index (χ4n) is 2.87. The van der Waals surface area contributed by atoms with E-state index in [1.807, 2.05) is 38.1 Å². The topological polar surface area (TPSA) is 87.7 Å². The second-order valence-electron chi connectivity index (χ2n) is 6.52. The van der Waals surface area contributed by atoms with Crippen molar-refractivity contribution in [3.8, 4) is 5.75 Å². The molecule has 2 N–H and O–H groups in total. The second kappa shape index (κ2) is 7.96. The van der Waals surface area contributed by atoms with E-state index >= 15 is 0 Å². The lowest BCUT2D eigenvalue weighted by atomic mass is 10.1. The van der Waals surface area contributed by atoms with E-state index in [-0.39, 0.29) is 12.2 Å². The third-order valence-electron chi connectivity index (χ3n) is 4.34. The number of methoxy groups -OCH3 is 1. The number of rotatable bonds is 5. The Labute approximate surface area is 163 Å². The van der Waals surface area contributed by atoms with Gasteiger partial charge in [-0.15, -0.1) is 0 Å².